The Morgan fingerprint density at radius 3 is 2.65 bits per heavy atom. The Kier molecular flexibility index (Phi) is 6.71. The van der Waals surface area contributed by atoms with Crippen molar-refractivity contribution in [1.29, 1.82) is 0 Å². The highest BCUT2D eigenvalue weighted by Crippen LogP contribution is 2.22. The monoisotopic (exact) mass is 278 g/mol. The summed E-state index contributed by atoms with van der Waals surface area (Å²) < 4.78 is 16.8. The molecule has 4 heteroatoms. The van der Waals surface area contributed by atoms with E-state index in [1.165, 1.54) is 5.56 Å². The molecule has 4 nitrogen and oxygen atoms in total. The first-order valence-corrected chi connectivity index (χ1v) is 7.18. The molecule has 0 radical (unpaired) electrons. The van der Waals surface area contributed by atoms with Crippen LogP contribution in [0.2, 0.25) is 0 Å². The third kappa shape index (κ3) is 5.04. The molecule has 1 atom stereocenters. The van der Waals surface area contributed by atoms with Crippen LogP contribution in [-0.2, 0) is 25.6 Å². The molecular weight excluding hydrogens is 256 g/mol. The minimum Gasteiger partial charge on any atom is -0.377 e. The Morgan fingerprint density at radius 1 is 1.20 bits per heavy atom. The lowest BCUT2D eigenvalue weighted by Crippen LogP contribution is -2.23. The Balaban J connectivity index is 1.69. The quantitative estimate of drug-likeness (QED) is 0.514. The number of hydrogen-bond donors (Lipinski definition) is 0. The average molecular weight is 278 g/mol. The van der Waals surface area contributed by atoms with Crippen LogP contribution in [0.1, 0.15) is 24.8 Å². The van der Waals surface area contributed by atoms with Crippen molar-refractivity contribution >= 4 is 6.29 Å². The maximum Gasteiger partial charge on any atom is 0.160 e. The van der Waals surface area contributed by atoms with E-state index in [9.17, 15) is 4.79 Å². The van der Waals surface area contributed by atoms with Crippen molar-refractivity contribution in [3.8, 4) is 0 Å². The van der Waals surface area contributed by atoms with Crippen LogP contribution in [0.3, 0.4) is 0 Å². The molecule has 1 unspecified atom stereocenters. The van der Waals surface area contributed by atoms with Gasteiger partial charge in [0.2, 0.25) is 0 Å². The summed E-state index contributed by atoms with van der Waals surface area (Å²) >= 11 is 0. The highest BCUT2D eigenvalue weighted by Gasteiger charge is 2.26. The van der Waals surface area contributed by atoms with Gasteiger partial charge >= 0.3 is 0 Å². The van der Waals surface area contributed by atoms with Gasteiger partial charge in [-0.25, -0.2) is 0 Å². The fourth-order valence-electron chi connectivity index (χ4n) is 2.35. The lowest BCUT2D eigenvalue weighted by Gasteiger charge is -2.21. The first kappa shape index (κ1) is 15.2. The van der Waals surface area contributed by atoms with Crippen LogP contribution < -0.4 is 0 Å². The molecule has 0 saturated carbocycles. The second-order valence-corrected chi connectivity index (χ2v) is 4.94. The van der Waals surface area contributed by atoms with Gasteiger partial charge in [-0.15, -0.1) is 0 Å². The molecule has 0 aromatic heterocycles. The van der Waals surface area contributed by atoms with E-state index >= 15 is 0 Å². The summed E-state index contributed by atoms with van der Waals surface area (Å²) in [5.74, 6) is 0.235. The number of benzene rings is 1. The molecule has 1 aromatic carbocycles. The lowest BCUT2D eigenvalue weighted by molar-refractivity contribution is -0.111. The largest absolute Gasteiger partial charge is 0.377 e. The molecule has 0 aliphatic carbocycles. The summed E-state index contributed by atoms with van der Waals surface area (Å²) in [7, 11) is 0. The molecule has 0 N–H and O–H groups in total. The van der Waals surface area contributed by atoms with Gasteiger partial charge in [0.05, 0.1) is 19.8 Å². The van der Waals surface area contributed by atoms with Crippen molar-refractivity contribution in [2.24, 2.45) is 5.92 Å². The van der Waals surface area contributed by atoms with Gasteiger partial charge in [0.25, 0.3) is 0 Å². The summed E-state index contributed by atoms with van der Waals surface area (Å²) in [4.78, 5) is 10.5. The lowest BCUT2D eigenvalue weighted by atomic mass is 9.99. The van der Waals surface area contributed by atoms with Crippen molar-refractivity contribution in [3.63, 3.8) is 0 Å². The molecule has 1 aliphatic heterocycles. The Hall–Kier alpha value is -1.23. The summed E-state index contributed by atoms with van der Waals surface area (Å²) in [6.07, 6.45) is 2.98. The second kappa shape index (κ2) is 8.84. The third-order valence-electron chi connectivity index (χ3n) is 3.43. The zero-order chi connectivity index (χ0) is 14.0. The first-order valence-electron chi connectivity index (χ1n) is 7.18. The highest BCUT2D eigenvalue weighted by molar-refractivity contribution is 5.49. The SMILES string of the molecule is O=CCCC(CCOCc1ccccc1)C1OCCO1. The van der Waals surface area contributed by atoms with Crippen molar-refractivity contribution in [2.45, 2.75) is 32.2 Å². The van der Waals surface area contributed by atoms with E-state index in [4.69, 9.17) is 14.2 Å². The molecule has 0 amide bonds. The van der Waals surface area contributed by atoms with E-state index < -0.39 is 0 Å². The Morgan fingerprint density at radius 2 is 1.95 bits per heavy atom. The average Bonchev–Trinajstić information content (AvgIpc) is 3.02. The van der Waals surface area contributed by atoms with Crippen LogP contribution in [0.15, 0.2) is 30.3 Å². The van der Waals surface area contributed by atoms with Gasteiger partial charge in [-0.05, 0) is 18.4 Å². The van der Waals surface area contributed by atoms with Crippen LogP contribution in [0, 0.1) is 5.92 Å². The van der Waals surface area contributed by atoms with Crippen molar-refractivity contribution < 1.29 is 19.0 Å². The van der Waals surface area contributed by atoms with E-state index in [1.54, 1.807) is 0 Å². The van der Waals surface area contributed by atoms with Crippen molar-refractivity contribution in [3.05, 3.63) is 35.9 Å². The van der Waals surface area contributed by atoms with Gasteiger partial charge < -0.3 is 19.0 Å². The Bertz CT molecular complexity index is 373. The van der Waals surface area contributed by atoms with Gasteiger partial charge in [-0.2, -0.15) is 0 Å². The molecule has 1 aromatic rings. The summed E-state index contributed by atoms with van der Waals surface area (Å²) in [6.45, 7) is 2.56. The van der Waals surface area contributed by atoms with E-state index in [2.05, 4.69) is 0 Å². The third-order valence-corrected chi connectivity index (χ3v) is 3.43. The number of rotatable bonds is 9. The predicted molar refractivity (Wildman–Crippen MR) is 75.2 cm³/mol. The molecule has 0 bridgehead atoms. The summed E-state index contributed by atoms with van der Waals surface area (Å²) in [6, 6.07) is 10.1. The molecule has 1 heterocycles. The molecule has 0 spiro atoms. The van der Waals surface area contributed by atoms with E-state index in [-0.39, 0.29) is 12.2 Å². The molecule has 2 rings (SSSR count). The zero-order valence-electron chi connectivity index (χ0n) is 11.7. The topological polar surface area (TPSA) is 44.8 Å². The minimum absolute atomic E-state index is 0.171. The fourth-order valence-corrected chi connectivity index (χ4v) is 2.35. The minimum atomic E-state index is -0.171. The zero-order valence-corrected chi connectivity index (χ0v) is 11.7. The smallest absolute Gasteiger partial charge is 0.160 e. The number of carbonyl (C=O) groups is 1. The van der Waals surface area contributed by atoms with Crippen molar-refractivity contribution in [2.75, 3.05) is 19.8 Å². The standard InChI is InChI=1S/C16H22O4/c17-9-4-7-15(16-19-11-12-20-16)8-10-18-13-14-5-2-1-3-6-14/h1-3,5-6,9,15-16H,4,7-8,10-13H2. The molecule has 110 valence electrons. The van der Waals surface area contributed by atoms with Gasteiger partial charge in [0.1, 0.15) is 6.29 Å². The molecule has 1 aliphatic rings. The van der Waals surface area contributed by atoms with Crippen molar-refractivity contribution in [1.82, 2.24) is 0 Å². The maximum atomic E-state index is 10.5. The predicted octanol–water partition coefficient (Wildman–Crippen LogP) is 2.56. The molecule has 1 saturated heterocycles. The van der Waals surface area contributed by atoms with E-state index in [1.807, 2.05) is 30.3 Å². The Labute approximate surface area is 120 Å². The fraction of sp³-hybridized carbons (Fsp3) is 0.562. The number of carbonyl (C=O) groups excluding carboxylic acids is 1. The molecule has 1 fully saturated rings. The van der Waals surface area contributed by atoms with Gasteiger partial charge in [0, 0.05) is 18.9 Å². The maximum absolute atomic E-state index is 10.5. The van der Waals surface area contributed by atoms with Gasteiger partial charge in [-0.3, -0.25) is 0 Å². The van der Waals surface area contributed by atoms with Gasteiger partial charge in [0.15, 0.2) is 6.29 Å². The first-order chi connectivity index (χ1) is 9.90. The summed E-state index contributed by atoms with van der Waals surface area (Å²) in [5, 5.41) is 0. The normalized spacial score (nSPS) is 17.2. The van der Waals surface area contributed by atoms with Crippen LogP contribution in [0.4, 0.5) is 0 Å². The summed E-state index contributed by atoms with van der Waals surface area (Å²) in [5.41, 5.74) is 1.17. The van der Waals surface area contributed by atoms with E-state index in [0.717, 1.165) is 19.1 Å². The number of ether oxygens (including phenoxy) is 3. The van der Waals surface area contributed by atoms with Gasteiger partial charge in [-0.1, -0.05) is 30.3 Å². The van der Waals surface area contributed by atoms with Crippen LogP contribution in [0.5, 0.6) is 0 Å². The van der Waals surface area contributed by atoms with Crippen LogP contribution >= 0.6 is 0 Å². The highest BCUT2D eigenvalue weighted by atomic mass is 16.7. The number of aldehydes is 1. The molecule has 20 heavy (non-hydrogen) atoms. The molecular formula is C16H22O4. The second-order valence-electron chi connectivity index (χ2n) is 4.94. The van der Waals surface area contributed by atoms with E-state index in [0.29, 0.717) is 32.8 Å². The van der Waals surface area contributed by atoms with Crippen LogP contribution in [-0.4, -0.2) is 32.4 Å². The number of hydrogen-bond acceptors (Lipinski definition) is 4. The van der Waals surface area contributed by atoms with Crippen LogP contribution in [0.25, 0.3) is 0 Å².